The highest BCUT2D eigenvalue weighted by molar-refractivity contribution is 5.73. The molecule has 0 aromatic heterocycles. The second kappa shape index (κ2) is 32.0. The van der Waals surface area contributed by atoms with Crippen molar-refractivity contribution in [2.24, 2.45) is 11.8 Å². The molecular formula is C53H84N2O8. The fourth-order valence-electron chi connectivity index (χ4n) is 8.32. The number of hydrogen-bond donors (Lipinski definition) is 0. The van der Waals surface area contributed by atoms with Gasteiger partial charge in [-0.25, -0.2) is 0 Å². The Morgan fingerprint density at radius 1 is 0.571 bits per heavy atom. The first-order valence-electron chi connectivity index (χ1n) is 24.4. The molecule has 10 heteroatoms. The van der Waals surface area contributed by atoms with E-state index in [1.807, 2.05) is 0 Å². The number of piperidine rings is 1. The number of ether oxygens (including phenoxy) is 4. The molecule has 0 saturated carbocycles. The number of esters is 4. The second-order valence-electron chi connectivity index (χ2n) is 18.5. The fourth-order valence-corrected chi connectivity index (χ4v) is 8.32. The van der Waals surface area contributed by atoms with Crippen LogP contribution in [-0.4, -0.2) is 99.4 Å². The molecule has 2 atom stereocenters. The van der Waals surface area contributed by atoms with Crippen molar-refractivity contribution in [3.05, 3.63) is 69.9 Å². The van der Waals surface area contributed by atoms with Gasteiger partial charge in [-0.1, -0.05) is 76.3 Å². The Balaban J connectivity index is 1.29. The molecule has 2 aliphatic carbocycles. The van der Waals surface area contributed by atoms with Crippen LogP contribution in [0.15, 0.2) is 69.9 Å². The first-order valence-corrected chi connectivity index (χ1v) is 24.4. The number of carbonyl (C=O) groups is 4. The Kier molecular flexibility index (Phi) is 27.2. The molecule has 0 spiro atoms. The quantitative estimate of drug-likeness (QED) is 0.0312. The number of likely N-dealkylation sites (tertiary alicyclic amines) is 1. The minimum absolute atomic E-state index is 0.0238. The lowest BCUT2D eigenvalue weighted by Gasteiger charge is -2.29. The molecule has 1 heterocycles. The van der Waals surface area contributed by atoms with Crippen LogP contribution in [0, 0.1) is 11.8 Å². The van der Waals surface area contributed by atoms with Crippen molar-refractivity contribution in [2.75, 3.05) is 65.7 Å². The lowest BCUT2D eigenvalue weighted by atomic mass is 9.87. The largest absolute Gasteiger partial charge is 0.462 e. The van der Waals surface area contributed by atoms with Crippen LogP contribution in [0.2, 0.25) is 0 Å². The van der Waals surface area contributed by atoms with Crippen molar-refractivity contribution in [1.29, 1.82) is 0 Å². The van der Waals surface area contributed by atoms with Gasteiger partial charge in [-0.2, -0.15) is 0 Å². The molecule has 0 N–H and O–H groups in total. The van der Waals surface area contributed by atoms with Crippen LogP contribution in [-0.2, 0) is 38.1 Å². The predicted molar refractivity (Wildman–Crippen MR) is 254 cm³/mol. The summed E-state index contributed by atoms with van der Waals surface area (Å²) in [4.78, 5) is 55.4. The first-order chi connectivity index (χ1) is 30.4. The predicted octanol–water partition coefficient (Wildman–Crippen LogP) is 11.1. The molecule has 1 saturated heterocycles. The molecule has 1 fully saturated rings. The first kappa shape index (κ1) is 53.6. The Labute approximate surface area is 381 Å². The van der Waals surface area contributed by atoms with Gasteiger partial charge in [0.1, 0.15) is 26.4 Å². The van der Waals surface area contributed by atoms with Crippen LogP contribution in [0.1, 0.15) is 164 Å². The van der Waals surface area contributed by atoms with Crippen molar-refractivity contribution < 1.29 is 38.1 Å². The molecule has 1 aliphatic heterocycles. The van der Waals surface area contributed by atoms with Crippen LogP contribution in [0.4, 0.5) is 0 Å². The van der Waals surface area contributed by atoms with Crippen molar-refractivity contribution in [1.82, 2.24) is 9.80 Å². The number of carbonyl (C=O) groups excluding carboxylic acids is 4. The van der Waals surface area contributed by atoms with Crippen molar-refractivity contribution >= 4 is 23.9 Å². The highest BCUT2D eigenvalue weighted by Crippen LogP contribution is 2.29. The molecule has 0 aromatic carbocycles. The summed E-state index contributed by atoms with van der Waals surface area (Å²) in [6.07, 6.45) is 31.0. The van der Waals surface area contributed by atoms with Crippen LogP contribution in [0.5, 0.6) is 0 Å². The topological polar surface area (TPSA) is 112 Å². The summed E-state index contributed by atoms with van der Waals surface area (Å²) in [7, 11) is 0. The maximum atomic E-state index is 12.7. The minimum atomic E-state index is -0.358. The zero-order valence-corrected chi connectivity index (χ0v) is 40.3. The standard InChI is InChI=1S/C53H84N2O8/c1-42(2)14-10-16-44(5)18-12-20-46-22-26-48(27-23-46)52(58)62-40-38-60-50(56)30-34-55(37-36-54-32-8-7-9-33-54)35-31-51(57)61-39-41-63-53(59)49-28-24-47(25-29-49)21-13-19-45(6)17-11-15-43(3)4/h14-15,18-19,22,24,48-49H,7-13,16-17,20-21,23,25-41H2,1-6H3/b44-18+,45-19+. The Bertz CT molecular complexity index is 1480. The summed E-state index contributed by atoms with van der Waals surface area (Å²) in [5.74, 6) is -1.46. The molecule has 10 nitrogen and oxygen atoms in total. The smallest absolute Gasteiger partial charge is 0.309 e. The van der Waals surface area contributed by atoms with E-state index < -0.39 is 0 Å². The Hall–Kier alpha value is -3.76. The van der Waals surface area contributed by atoms with Crippen LogP contribution in [0.3, 0.4) is 0 Å². The van der Waals surface area contributed by atoms with E-state index >= 15 is 0 Å². The molecule has 3 rings (SSSR count). The molecule has 0 amide bonds. The van der Waals surface area contributed by atoms with Gasteiger partial charge in [0.05, 0.1) is 24.7 Å². The van der Waals surface area contributed by atoms with E-state index in [0.29, 0.717) is 25.9 Å². The normalized spacial score (nSPS) is 18.5. The lowest BCUT2D eigenvalue weighted by molar-refractivity contribution is -0.155. The van der Waals surface area contributed by atoms with E-state index in [1.54, 1.807) is 0 Å². The SMILES string of the molecule is CC(C)=CCC/C(C)=C/CCC1=CCC(C(=O)OCCOC(=O)CCN(CCC(=O)OCCOC(=O)C2CC=C(CC/C=C(\C)CCC=C(C)C)CC2)CCN2CCCCC2)CC1. The van der Waals surface area contributed by atoms with Crippen molar-refractivity contribution in [3.8, 4) is 0 Å². The summed E-state index contributed by atoms with van der Waals surface area (Å²) < 4.78 is 21.8. The molecule has 0 radical (unpaired) electrons. The summed E-state index contributed by atoms with van der Waals surface area (Å²) in [6, 6.07) is 0. The molecule has 0 bridgehead atoms. The van der Waals surface area contributed by atoms with E-state index in [1.165, 1.54) is 52.7 Å². The molecule has 2 unspecified atom stereocenters. The number of allylic oxidation sites excluding steroid dienone is 12. The number of hydrogen-bond acceptors (Lipinski definition) is 10. The van der Waals surface area contributed by atoms with Gasteiger partial charge in [0, 0.05) is 26.2 Å². The van der Waals surface area contributed by atoms with Crippen molar-refractivity contribution in [3.63, 3.8) is 0 Å². The summed E-state index contributed by atoms with van der Waals surface area (Å²) in [5, 5.41) is 0. The second-order valence-corrected chi connectivity index (χ2v) is 18.5. The number of nitrogens with zero attached hydrogens (tertiary/aromatic N) is 2. The summed E-state index contributed by atoms with van der Waals surface area (Å²) in [5.41, 5.74) is 8.42. The van der Waals surface area contributed by atoms with E-state index in [-0.39, 0.29) is 75.0 Å². The monoisotopic (exact) mass is 877 g/mol. The van der Waals surface area contributed by atoms with Gasteiger partial charge >= 0.3 is 23.9 Å². The van der Waals surface area contributed by atoms with Crippen molar-refractivity contribution in [2.45, 2.75) is 164 Å². The maximum Gasteiger partial charge on any atom is 0.309 e. The summed E-state index contributed by atoms with van der Waals surface area (Å²) >= 11 is 0. The summed E-state index contributed by atoms with van der Waals surface area (Å²) in [6.45, 7) is 17.7. The average Bonchev–Trinajstić information content (AvgIpc) is 3.26. The zero-order chi connectivity index (χ0) is 45.7. The van der Waals surface area contributed by atoms with E-state index in [4.69, 9.17) is 18.9 Å². The van der Waals surface area contributed by atoms with Gasteiger partial charge < -0.3 is 28.7 Å². The molecule has 3 aliphatic rings. The molecular weight excluding hydrogens is 793 g/mol. The van der Waals surface area contributed by atoms with Crippen LogP contribution < -0.4 is 0 Å². The van der Waals surface area contributed by atoms with Gasteiger partial charge in [-0.3, -0.25) is 19.2 Å². The molecule has 0 aromatic rings. The van der Waals surface area contributed by atoms with E-state index in [2.05, 4.69) is 87.8 Å². The minimum Gasteiger partial charge on any atom is -0.462 e. The van der Waals surface area contributed by atoms with Gasteiger partial charge in [0.25, 0.3) is 0 Å². The van der Waals surface area contributed by atoms with E-state index in [9.17, 15) is 19.2 Å². The van der Waals surface area contributed by atoms with Crippen LogP contribution >= 0.6 is 0 Å². The Morgan fingerprint density at radius 3 is 1.43 bits per heavy atom. The highest BCUT2D eigenvalue weighted by Gasteiger charge is 2.24. The molecule has 354 valence electrons. The molecule has 63 heavy (non-hydrogen) atoms. The van der Waals surface area contributed by atoms with Gasteiger partial charge in [0.2, 0.25) is 0 Å². The van der Waals surface area contributed by atoms with Gasteiger partial charge in [-0.05, 0) is 157 Å². The van der Waals surface area contributed by atoms with Gasteiger partial charge in [0.15, 0.2) is 0 Å². The van der Waals surface area contributed by atoms with E-state index in [0.717, 1.165) is 103 Å². The van der Waals surface area contributed by atoms with Gasteiger partial charge in [-0.15, -0.1) is 0 Å². The third-order valence-electron chi connectivity index (χ3n) is 12.4. The number of rotatable bonds is 29. The zero-order valence-electron chi connectivity index (χ0n) is 40.3. The third-order valence-corrected chi connectivity index (χ3v) is 12.4. The van der Waals surface area contributed by atoms with Crippen LogP contribution in [0.25, 0.3) is 0 Å². The third kappa shape index (κ3) is 25.4. The lowest BCUT2D eigenvalue weighted by Crippen LogP contribution is -2.39. The average molecular weight is 877 g/mol. The highest BCUT2D eigenvalue weighted by atomic mass is 16.6. The fraction of sp³-hybridized carbons (Fsp3) is 0.698. The Morgan fingerprint density at radius 2 is 1.02 bits per heavy atom. The maximum absolute atomic E-state index is 12.7.